The van der Waals surface area contributed by atoms with Crippen molar-refractivity contribution in [2.45, 2.75) is 52.7 Å². The summed E-state index contributed by atoms with van der Waals surface area (Å²) < 4.78 is 2.00. The molecule has 140 valence electrons. The molecule has 1 saturated carbocycles. The van der Waals surface area contributed by atoms with Crippen LogP contribution < -0.4 is 10.2 Å². The lowest BCUT2D eigenvalue weighted by Gasteiger charge is -2.29. The van der Waals surface area contributed by atoms with Gasteiger partial charge >= 0.3 is 0 Å². The van der Waals surface area contributed by atoms with Gasteiger partial charge in [0.25, 0.3) is 0 Å². The summed E-state index contributed by atoms with van der Waals surface area (Å²) in [5.74, 6) is 1.09. The third-order valence-electron chi connectivity index (χ3n) is 5.51. The predicted molar refractivity (Wildman–Crippen MR) is 101 cm³/mol. The van der Waals surface area contributed by atoms with Crippen molar-refractivity contribution in [3.8, 4) is 6.07 Å². The first-order valence-corrected chi connectivity index (χ1v) is 9.51. The Morgan fingerprint density at radius 2 is 2.15 bits per heavy atom. The van der Waals surface area contributed by atoms with Crippen molar-refractivity contribution < 1.29 is 4.79 Å². The third kappa shape index (κ3) is 3.39. The Hall–Kier alpha value is -2.88. The van der Waals surface area contributed by atoms with E-state index >= 15 is 0 Å². The number of carbonyl (C=O) groups excluding carboxylic acids is 1. The van der Waals surface area contributed by atoms with Crippen molar-refractivity contribution in [2.24, 2.45) is 5.92 Å². The highest BCUT2D eigenvalue weighted by atomic mass is 16.1. The Balaban J connectivity index is 1.48. The number of hydrogen-bond acceptors (Lipinski definition) is 5. The van der Waals surface area contributed by atoms with Crippen molar-refractivity contribution in [2.75, 3.05) is 11.4 Å². The van der Waals surface area contributed by atoms with Gasteiger partial charge < -0.3 is 10.2 Å². The zero-order chi connectivity index (χ0) is 19.0. The summed E-state index contributed by atoms with van der Waals surface area (Å²) in [6, 6.07) is 6.28. The van der Waals surface area contributed by atoms with Crippen molar-refractivity contribution in [1.29, 1.82) is 5.26 Å². The number of anilines is 1. The van der Waals surface area contributed by atoms with E-state index in [1.165, 1.54) is 0 Å². The second kappa shape index (κ2) is 7.03. The van der Waals surface area contributed by atoms with Gasteiger partial charge in [0.15, 0.2) is 0 Å². The van der Waals surface area contributed by atoms with Crippen LogP contribution in [0.15, 0.2) is 12.1 Å². The van der Waals surface area contributed by atoms with Crippen LogP contribution in [-0.2, 0) is 24.4 Å². The highest BCUT2D eigenvalue weighted by Crippen LogP contribution is 2.27. The molecule has 1 aliphatic carbocycles. The fourth-order valence-electron chi connectivity index (χ4n) is 3.77. The smallest absolute Gasteiger partial charge is 0.223 e. The van der Waals surface area contributed by atoms with Gasteiger partial charge in [-0.2, -0.15) is 10.4 Å². The molecule has 0 aromatic carbocycles. The van der Waals surface area contributed by atoms with Crippen molar-refractivity contribution in [1.82, 2.24) is 20.1 Å². The molecule has 1 N–H and O–H groups in total. The van der Waals surface area contributed by atoms with Crippen LogP contribution in [0.2, 0.25) is 0 Å². The highest BCUT2D eigenvalue weighted by molar-refractivity contribution is 5.79. The Bertz CT molecular complexity index is 921. The average molecular weight is 364 g/mol. The minimum Gasteiger partial charge on any atom is -0.350 e. The molecule has 7 heteroatoms. The summed E-state index contributed by atoms with van der Waals surface area (Å²) in [4.78, 5) is 18.8. The third-order valence-corrected chi connectivity index (χ3v) is 5.51. The number of hydrogen-bond donors (Lipinski definition) is 1. The number of amides is 1. The molecule has 0 spiro atoms. The molecule has 1 aliphatic heterocycles. The number of nitriles is 1. The fraction of sp³-hybridized carbons (Fsp3) is 0.500. The number of aryl methyl sites for hydroxylation is 2. The second-order valence-electron chi connectivity index (χ2n) is 7.51. The molecule has 27 heavy (non-hydrogen) atoms. The van der Waals surface area contributed by atoms with Crippen LogP contribution in [0.4, 0.5) is 5.82 Å². The first-order chi connectivity index (χ1) is 13.0. The molecule has 2 aromatic heterocycles. The topological polar surface area (TPSA) is 86.8 Å². The van der Waals surface area contributed by atoms with Gasteiger partial charge in [0.2, 0.25) is 5.91 Å². The number of carbonyl (C=O) groups is 1. The molecule has 7 nitrogen and oxygen atoms in total. The first kappa shape index (κ1) is 17.5. The maximum absolute atomic E-state index is 12.0. The van der Waals surface area contributed by atoms with E-state index in [0.29, 0.717) is 18.7 Å². The van der Waals surface area contributed by atoms with Crippen molar-refractivity contribution in [3.63, 3.8) is 0 Å². The fourth-order valence-corrected chi connectivity index (χ4v) is 3.77. The molecule has 1 amide bonds. The van der Waals surface area contributed by atoms with E-state index in [2.05, 4.69) is 26.4 Å². The van der Waals surface area contributed by atoms with Gasteiger partial charge in [-0.3, -0.25) is 9.48 Å². The van der Waals surface area contributed by atoms with E-state index in [4.69, 9.17) is 0 Å². The number of rotatable bonds is 4. The average Bonchev–Trinajstić information content (AvgIpc) is 3.00. The monoisotopic (exact) mass is 364 g/mol. The first-order valence-electron chi connectivity index (χ1n) is 9.51. The maximum Gasteiger partial charge on any atom is 0.223 e. The summed E-state index contributed by atoms with van der Waals surface area (Å²) in [7, 11) is 0. The lowest BCUT2D eigenvalue weighted by Crippen LogP contribution is -2.35. The molecule has 0 atom stereocenters. The SMILES string of the molecule is Cc1cc(C)c(C#N)c(N2CCn3nc(CNC(=O)C4CCC4)cc3C2)n1. The lowest BCUT2D eigenvalue weighted by atomic mass is 9.85. The molecule has 0 unspecified atom stereocenters. The van der Waals surface area contributed by atoms with Gasteiger partial charge in [0.1, 0.15) is 11.9 Å². The molecular formula is C20H24N6O. The van der Waals surface area contributed by atoms with Crippen molar-refractivity contribution in [3.05, 3.63) is 40.3 Å². The number of nitrogens with one attached hydrogen (secondary N) is 1. The lowest BCUT2D eigenvalue weighted by molar-refractivity contribution is -0.127. The Kier molecular flexibility index (Phi) is 4.56. The zero-order valence-electron chi connectivity index (χ0n) is 15.8. The summed E-state index contributed by atoms with van der Waals surface area (Å²) in [5, 5.41) is 17.2. The maximum atomic E-state index is 12.0. The quantitative estimate of drug-likeness (QED) is 0.899. The summed E-state index contributed by atoms with van der Waals surface area (Å²) in [6.45, 7) is 6.54. The van der Waals surface area contributed by atoms with E-state index in [1.54, 1.807) is 0 Å². The molecule has 2 aromatic rings. The number of nitrogens with zero attached hydrogens (tertiary/aromatic N) is 5. The zero-order valence-corrected chi connectivity index (χ0v) is 15.8. The van der Waals surface area contributed by atoms with E-state index in [9.17, 15) is 10.1 Å². The number of pyridine rings is 1. The van der Waals surface area contributed by atoms with E-state index in [0.717, 1.165) is 60.8 Å². The molecule has 1 fully saturated rings. The second-order valence-corrected chi connectivity index (χ2v) is 7.51. The number of aromatic nitrogens is 3. The molecule has 0 radical (unpaired) electrons. The van der Waals surface area contributed by atoms with Crippen molar-refractivity contribution >= 4 is 11.7 Å². The van der Waals surface area contributed by atoms with Gasteiger partial charge in [-0.15, -0.1) is 0 Å². The molecule has 4 rings (SSSR count). The minimum absolute atomic E-state index is 0.145. The van der Waals surface area contributed by atoms with E-state index in [-0.39, 0.29) is 11.8 Å². The van der Waals surface area contributed by atoms with Gasteiger partial charge in [0, 0.05) is 18.2 Å². The molecule has 2 aliphatic rings. The normalized spacial score (nSPS) is 16.4. The predicted octanol–water partition coefficient (Wildman–Crippen LogP) is 2.20. The van der Waals surface area contributed by atoms with Gasteiger partial charge in [-0.25, -0.2) is 4.98 Å². The van der Waals surface area contributed by atoms with Crippen LogP contribution in [0.25, 0.3) is 0 Å². The Morgan fingerprint density at radius 1 is 1.33 bits per heavy atom. The summed E-state index contributed by atoms with van der Waals surface area (Å²) in [5.41, 5.74) is 4.48. The molecule has 0 saturated heterocycles. The largest absolute Gasteiger partial charge is 0.350 e. The van der Waals surface area contributed by atoms with Gasteiger partial charge in [-0.1, -0.05) is 6.42 Å². The molecule has 0 bridgehead atoms. The van der Waals surface area contributed by atoms with Crippen LogP contribution in [0, 0.1) is 31.1 Å². The van der Waals surface area contributed by atoms with Crippen LogP contribution in [-0.4, -0.2) is 27.2 Å². The van der Waals surface area contributed by atoms with Crippen LogP contribution >= 0.6 is 0 Å². The highest BCUT2D eigenvalue weighted by Gasteiger charge is 2.26. The Labute approximate surface area is 159 Å². The standard InChI is InChI=1S/C20H24N6O/c1-13-8-14(2)23-19(18(13)10-21)25-6-7-26-17(12-25)9-16(24-26)11-22-20(27)15-4-3-5-15/h8-9,15H,3-7,11-12H2,1-2H3,(H,22,27). The Morgan fingerprint density at radius 3 is 2.85 bits per heavy atom. The number of fused-ring (bicyclic) bond motifs is 1. The van der Waals surface area contributed by atoms with E-state index < -0.39 is 0 Å². The van der Waals surface area contributed by atoms with Gasteiger partial charge in [0.05, 0.1) is 36.6 Å². The summed E-state index contributed by atoms with van der Waals surface area (Å²) >= 11 is 0. The van der Waals surface area contributed by atoms with Gasteiger partial charge in [-0.05, 0) is 44.4 Å². The molecular weight excluding hydrogens is 340 g/mol. The van der Waals surface area contributed by atoms with E-state index in [1.807, 2.05) is 30.7 Å². The summed E-state index contributed by atoms with van der Waals surface area (Å²) in [6.07, 6.45) is 3.17. The molecule has 3 heterocycles. The van der Waals surface area contributed by atoms with Crippen LogP contribution in [0.1, 0.15) is 47.5 Å². The van der Waals surface area contributed by atoms with Crippen LogP contribution in [0.3, 0.4) is 0 Å². The minimum atomic E-state index is 0.145. The van der Waals surface area contributed by atoms with Crippen LogP contribution in [0.5, 0.6) is 0 Å².